The van der Waals surface area contributed by atoms with E-state index in [2.05, 4.69) is 15.7 Å². The molecule has 0 spiro atoms. The fourth-order valence-electron chi connectivity index (χ4n) is 1.43. The molecule has 0 aliphatic carbocycles. The highest BCUT2D eigenvalue weighted by molar-refractivity contribution is 5.94. The number of nitrogens with zero attached hydrogens (tertiary/aromatic N) is 1. The predicted molar refractivity (Wildman–Crippen MR) is 71.3 cm³/mol. The lowest BCUT2D eigenvalue weighted by Crippen LogP contribution is -2.36. The molecule has 0 aromatic heterocycles. The summed E-state index contributed by atoms with van der Waals surface area (Å²) in [5.74, 6) is 5.44. The molecule has 20 heavy (non-hydrogen) atoms. The second-order valence-corrected chi connectivity index (χ2v) is 4.02. The number of nitrogens with two attached hydrogens (primary N) is 1. The summed E-state index contributed by atoms with van der Waals surface area (Å²) in [6.45, 7) is 2.40. The zero-order valence-corrected chi connectivity index (χ0v) is 11.2. The molecule has 0 atom stereocenters. The van der Waals surface area contributed by atoms with Crippen LogP contribution in [0.5, 0.6) is 0 Å². The van der Waals surface area contributed by atoms with Gasteiger partial charge in [0.2, 0.25) is 5.96 Å². The standard InChI is InChI=1S/C12H17F3N4O/c1-8-3-4-9(12(13,14)15)7-10(8)18-11(19-16)17-5-6-20-2/h3-4,7H,5-6,16H2,1-2H3,(H2,17,18,19). The van der Waals surface area contributed by atoms with Crippen molar-refractivity contribution in [1.82, 2.24) is 5.43 Å². The third-order valence-electron chi connectivity index (χ3n) is 2.52. The van der Waals surface area contributed by atoms with Crippen molar-refractivity contribution < 1.29 is 17.9 Å². The third-order valence-corrected chi connectivity index (χ3v) is 2.52. The van der Waals surface area contributed by atoms with E-state index in [1.807, 2.05) is 0 Å². The molecule has 0 saturated heterocycles. The lowest BCUT2D eigenvalue weighted by molar-refractivity contribution is -0.137. The van der Waals surface area contributed by atoms with Gasteiger partial charge in [0.05, 0.1) is 18.7 Å². The van der Waals surface area contributed by atoms with Gasteiger partial charge in [-0.2, -0.15) is 13.2 Å². The summed E-state index contributed by atoms with van der Waals surface area (Å²) in [5.41, 5.74) is 2.49. The Hall–Kier alpha value is -1.80. The molecule has 0 heterocycles. The monoisotopic (exact) mass is 290 g/mol. The number of anilines is 1. The zero-order valence-electron chi connectivity index (χ0n) is 11.2. The van der Waals surface area contributed by atoms with E-state index in [9.17, 15) is 13.2 Å². The van der Waals surface area contributed by atoms with Crippen LogP contribution in [0.15, 0.2) is 23.2 Å². The van der Waals surface area contributed by atoms with Gasteiger partial charge < -0.3 is 10.1 Å². The van der Waals surface area contributed by atoms with E-state index in [0.717, 1.165) is 12.1 Å². The van der Waals surface area contributed by atoms with Crippen molar-refractivity contribution in [2.45, 2.75) is 13.1 Å². The van der Waals surface area contributed by atoms with Gasteiger partial charge in [-0.1, -0.05) is 6.07 Å². The minimum Gasteiger partial charge on any atom is -0.383 e. The van der Waals surface area contributed by atoms with Gasteiger partial charge >= 0.3 is 6.18 Å². The summed E-state index contributed by atoms with van der Waals surface area (Å²) in [7, 11) is 1.52. The number of benzene rings is 1. The minimum absolute atomic E-state index is 0.171. The highest BCUT2D eigenvalue weighted by atomic mass is 19.4. The third kappa shape index (κ3) is 4.71. The van der Waals surface area contributed by atoms with Gasteiger partial charge in [-0.3, -0.25) is 5.43 Å². The number of nitrogens with one attached hydrogen (secondary N) is 2. The first-order valence-electron chi connectivity index (χ1n) is 5.83. The molecule has 0 aliphatic rings. The number of hydrogen-bond acceptors (Lipinski definition) is 3. The van der Waals surface area contributed by atoms with E-state index in [0.29, 0.717) is 18.7 Å². The Bertz CT molecular complexity index is 474. The van der Waals surface area contributed by atoms with E-state index < -0.39 is 11.7 Å². The van der Waals surface area contributed by atoms with Gasteiger partial charge in [0.1, 0.15) is 0 Å². The topological polar surface area (TPSA) is 71.7 Å². The van der Waals surface area contributed by atoms with Crippen LogP contribution in [0.4, 0.5) is 18.9 Å². The highest BCUT2D eigenvalue weighted by Gasteiger charge is 2.30. The molecule has 4 N–H and O–H groups in total. The Balaban J connectivity index is 2.92. The van der Waals surface area contributed by atoms with Gasteiger partial charge in [0.15, 0.2) is 0 Å². The van der Waals surface area contributed by atoms with Crippen LogP contribution in [0.2, 0.25) is 0 Å². The molecule has 0 radical (unpaired) electrons. The molecule has 112 valence electrons. The summed E-state index contributed by atoms with van der Waals surface area (Å²) in [6.07, 6.45) is -4.40. The Morgan fingerprint density at radius 1 is 1.40 bits per heavy atom. The van der Waals surface area contributed by atoms with E-state index in [-0.39, 0.29) is 11.6 Å². The number of hydrazine groups is 1. The fraction of sp³-hybridized carbons (Fsp3) is 0.417. The van der Waals surface area contributed by atoms with Crippen molar-refractivity contribution in [3.8, 4) is 0 Å². The lowest BCUT2D eigenvalue weighted by Gasteiger charge is -2.14. The van der Waals surface area contributed by atoms with Crippen LogP contribution in [0, 0.1) is 6.92 Å². The maximum atomic E-state index is 12.7. The van der Waals surface area contributed by atoms with Crippen LogP contribution < -0.4 is 16.6 Å². The molecular weight excluding hydrogens is 273 g/mol. The summed E-state index contributed by atoms with van der Waals surface area (Å²) in [4.78, 5) is 4.02. The van der Waals surface area contributed by atoms with Crippen LogP contribution in [-0.2, 0) is 10.9 Å². The second-order valence-electron chi connectivity index (χ2n) is 4.02. The van der Waals surface area contributed by atoms with Gasteiger partial charge in [-0.25, -0.2) is 10.8 Å². The summed E-state index contributed by atoms with van der Waals surface area (Å²) >= 11 is 0. The molecule has 0 unspecified atom stereocenters. The first-order chi connectivity index (χ1) is 9.38. The van der Waals surface area contributed by atoms with Crippen molar-refractivity contribution in [2.75, 3.05) is 25.6 Å². The van der Waals surface area contributed by atoms with Crippen molar-refractivity contribution in [1.29, 1.82) is 0 Å². The second kappa shape index (κ2) is 7.11. The molecule has 1 rings (SSSR count). The Morgan fingerprint density at radius 3 is 2.65 bits per heavy atom. The maximum absolute atomic E-state index is 12.7. The van der Waals surface area contributed by atoms with Crippen LogP contribution in [-0.4, -0.2) is 26.2 Å². The van der Waals surface area contributed by atoms with Gasteiger partial charge in [-0.15, -0.1) is 0 Å². The molecule has 0 bridgehead atoms. The number of alkyl halides is 3. The first kappa shape index (κ1) is 16.3. The highest BCUT2D eigenvalue weighted by Crippen LogP contribution is 2.31. The molecule has 0 amide bonds. The van der Waals surface area contributed by atoms with Crippen molar-refractivity contribution >= 4 is 11.6 Å². The Kier molecular flexibility index (Phi) is 5.78. The smallest absolute Gasteiger partial charge is 0.383 e. The van der Waals surface area contributed by atoms with Crippen molar-refractivity contribution in [2.24, 2.45) is 10.8 Å². The number of aliphatic imine (C=N–C) groups is 1. The summed E-state index contributed by atoms with van der Waals surface area (Å²) in [6, 6.07) is 3.42. The summed E-state index contributed by atoms with van der Waals surface area (Å²) < 4.78 is 42.8. The first-order valence-corrected chi connectivity index (χ1v) is 5.83. The Labute approximate surface area is 115 Å². The molecule has 0 saturated carbocycles. The number of methoxy groups -OCH3 is 1. The fourth-order valence-corrected chi connectivity index (χ4v) is 1.43. The minimum atomic E-state index is -4.40. The lowest BCUT2D eigenvalue weighted by atomic mass is 10.1. The van der Waals surface area contributed by atoms with Crippen molar-refractivity contribution in [3.05, 3.63) is 29.3 Å². The number of rotatable bonds is 4. The van der Waals surface area contributed by atoms with Crippen LogP contribution in [0.3, 0.4) is 0 Å². The molecule has 0 aliphatic heterocycles. The van der Waals surface area contributed by atoms with Gasteiger partial charge in [-0.05, 0) is 24.6 Å². The molecule has 1 aromatic rings. The molecular formula is C12H17F3N4O. The molecule has 5 nitrogen and oxygen atoms in total. The van der Waals surface area contributed by atoms with E-state index in [4.69, 9.17) is 10.6 Å². The number of halogens is 3. The SMILES string of the molecule is COCCN=C(NN)Nc1cc(C(F)(F)F)ccc1C. The van der Waals surface area contributed by atoms with E-state index in [1.165, 1.54) is 13.2 Å². The predicted octanol–water partition coefficient (Wildman–Crippen LogP) is 1.89. The van der Waals surface area contributed by atoms with Crippen LogP contribution in [0.25, 0.3) is 0 Å². The number of aryl methyl sites for hydroxylation is 1. The average molecular weight is 290 g/mol. The zero-order chi connectivity index (χ0) is 15.2. The molecule has 8 heteroatoms. The van der Waals surface area contributed by atoms with Crippen molar-refractivity contribution in [3.63, 3.8) is 0 Å². The quantitative estimate of drug-likeness (QED) is 0.260. The van der Waals surface area contributed by atoms with Gasteiger partial charge in [0.25, 0.3) is 0 Å². The number of ether oxygens (including phenoxy) is 1. The van der Waals surface area contributed by atoms with E-state index >= 15 is 0 Å². The molecule has 0 fully saturated rings. The van der Waals surface area contributed by atoms with Crippen LogP contribution >= 0.6 is 0 Å². The summed E-state index contributed by atoms with van der Waals surface area (Å²) in [5, 5.41) is 2.73. The maximum Gasteiger partial charge on any atom is 0.416 e. The van der Waals surface area contributed by atoms with E-state index in [1.54, 1.807) is 6.92 Å². The number of guanidine groups is 1. The number of hydrogen-bond donors (Lipinski definition) is 3. The normalized spacial score (nSPS) is 12.4. The largest absolute Gasteiger partial charge is 0.416 e. The Morgan fingerprint density at radius 2 is 2.10 bits per heavy atom. The molecule has 1 aromatic carbocycles. The van der Waals surface area contributed by atoms with Gasteiger partial charge in [0, 0.05) is 12.8 Å². The van der Waals surface area contributed by atoms with Crippen LogP contribution in [0.1, 0.15) is 11.1 Å². The average Bonchev–Trinajstić information content (AvgIpc) is 2.38.